The van der Waals surface area contributed by atoms with Crippen molar-refractivity contribution >= 4 is 11.9 Å². The van der Waals surface area contributed by atoms with Gasteiger partial charge in [-0.1, -0.05) is 18.2 Å². The predicted octanol–water partition coefficient (Wildman–Crippen LogP) is 0.143. The molecule has 0 aliphatic carbocycles. The van der Waals surface area contributed by atoms with Crippen molar-refractivity contribution in [1.82, 2.24) is 10.2 Å². The number of urea groups is 1. The smallest absolute Gasteiger partial charge is 0.328 e. The van der Waals surface area contributed by atoms with Crippen LogP contribution in [0.1, 0.15) is 10.4 Å². The molecular weight excluding hydrogens is 224 g/mol. The van der Waals surface area contributed by atoms with Gasteiger partial charge in [-0.25, -0.2) is 9.69 Å². The number of nitrogens with one attached hydrogen (secondary N) is 1. The highest BCUT2D eigenvalue weighted by atomic mass is 16.5. The first kappa shape index (κ1) is 11.6. The Hall–Kier alpha value is -1.92. The summed E-state index contributed by atoms with van der Waals surface area (Å²) in [7, 11) is 1.34. The summed E-state index contributed by atoms with van der Waals surface area (Å²) in [5, 5.41) is 12.1. The lowest BCUT2D eigenvalue weighted by atomic mass is 10.2. The van der Waals surface area contributed by atoms with Gasteiger partial charge in [0.2, 0.25) is 0 Å². The molecule has 1 aliphatic heterocycles. The van der Waals surface area contributed by atoms with E-state index in [4.69, 9.17) is 4.74 Å². The van der Waals surface area contributed by atoms with Crippen LogP contribution in [0.25, 0.3) is 0 Å². The Morgan fingerprint density at radius 1 is 1.41 bits per heavy atom. The number of ether oxygens (including phenoxy) is 1. The van der Waals surface area contributed by atoms with Crippen molar-refractivity contribution in [3.8, 4) is 0 Å². The quantitative estimate of drug-likeness (QED) is 0.765. The zero-order valence-corrected chi connectivity index (χ0v) is 9.16. The average molecular weight is 236 g/mol. The van der Waals surface area contributed by atoms with Gasteiger partial charge in [-0.15, -0.1) is 0 Å². The Bertz CT molecular complexity index is 434. The van der Waals surface area contributed by atoms with E-state index in [1.54, 1.807) is 30.3 Å². The number of benzene rings is 1. The van der Waals surface area contributed by atoms with Gasteiger partial charge in [0.25, 0.3) is 5.91 Å². The topological polar surface area (TPSA) is 78.9 Å². The van der Waals surface area contributed by atoms with Gasteiger partial charge in [0.15, 0.2) is 12.5 Å². The first-order valence-electron chi connectivity index (χ1n) is 5.05. The first-order chi connectivity index (χ1) is 8.15. The molecule has 6 nitrogen and oxygen atoms in total. The number of amides is 3. The summed E-state index contributed by atoms with van der Waals surface area (Å²) < 4.78 is 4.83. The van der Waals surface area contributed by atoms with E-state index >= 15 is 0 Å². The Labute approximate surface area is 97.8 Å². The molecule has 6 heteroatoms. The maximum Gasteiger partial charge on any atom is 0.328 e. The van der Waals surface area contributed by atoms with Crippen molar-refractivity contribution in [3.05, 3.63) is 35.9 Å². The van der Waals surface area contributed by atoms with Crippen molar-refractivity contribution in [2.24, 2.45) is 0 Å². The average Bonchev–Trinajstić information content (AvgIpc) is 2.64. The largest absolute Gasteiger partial charge is 0.369 e. The molecule has 1 aromatic carbocycles. The summed E-state index contributed by atoms with van der Waals surface area (Å²) in [5.41, 5.74) is 0.332. The highest BCUT2D eigenvalue weighted by molar-refractivity contribution is 6.05. The molecule has 2 atom stereocenters. The highest BCUT2D eigenvalue weighted by Gasteiger charge is 2.42. The molecule has 17 heavy (non-hydrogen) atoms. The van der Waals surface area contributed by atoms with E-state index in [-0.39, 0.29) is 0 Å². The highest BCUT2D eigenvalue weighted by Crippen LogP contribution is 2.15. The fraction of sp³-hybridized carbons (Fsp3) is 0.273. The van der Waals surface area contributed by atoms with E-state index in [1.165, 1.54) is 7.11 Å². The number of hydrogen-bond donors (Lipinski definition) is 2. The number of carbonyl (C=O) groups is 2. The lowest BCUT2D eigenvalue weighted by Crippen LogP contribution is -2.41. The molecule has 3 amide bonds. The van der Waals surface area contributed by atoms with Crippen LogP contribution >= 0.6 is 0 Å². The fourth-order valence-corrected chi connectivity index (χ4v) is 1.63. The van der Waals surface area contributed by atoms with Crippen LogP contribution in [0.5, 0.6) is 0 Å². The summed E-state index contributed by atoms with van der Waals surface area (Å²) in [6.45, 7) is 0. The van der Waals surface area contributed by atoms with Gasteiger partial charge in [0.05, 0.1) is 0 Å². The van der Waals surface area contributed by atoms with Crippen LogP contribution < -0.4 is 5.32 Å². The standard InChI is InChI=1S/C11H12N2O4/c1-17-8-10(15)13(11(16)12-8)9(14)7-5-3-2-4-6-7/h2-6,8,10,15H,1H3,(H,12,16)/t8-,10-/m0/s1. The lowest BCUT2D eigenvalue weighted by molar-refractivity contribution is -0.0465. The van der Waals surface area contributed by atoms with Crippen LogP contribution in [0.2, 0.25) is 0 Å². The molecule has 2 rings (SSSR count). The first-order valence-corrected chi connectivity index (χ1v) is 5.05. The molecule has 0 spiro atoms. The summed E-state index contributed by atoms with van der Waals surface area (Å²) in [5.74, 6) is -0.560. The third-order valence-electron chi connectivity index (χ3n) is 2.51. The molecule has 0 unspecified atom stereocenters. The molecule has 90 valence electrons. The van der Waals surface area contributed by atoms with Crippen LogP contribution in [0.3, 0.4) is 0 Å². The number of rotatable bonds is 2. The van der Waals surface area contributed by atoms with Gasteiger partial charge in [0, 0.05) is 12.7 Å². The van der Waals surface area contributed by atoms with Gasteiger partial charge in [0.1, 0.15) is 0 Å². The molecular formula is C11H12N2O4. The Balaban J connectivity index is 2.23. The Morgan fingerprint density at radius 3 is 2.59 bits per heavy atom. The van der Waals surface area contributed by atoms with Crippen molar-refractivity contribution in [1.29, 1.82) is 0 Å². The number of aliphatic hydroxyl groups excluding tert-OH is 1. The summed E-state index contributed by atoms with van der Waals surface area (Å²) in [4.78, 5) is 24.2. The van der Waals surface area contributed by atoms with Crippen LogP contribution in [-0.4, -0.2) is 41.5 Å². The molecule has 0 aromatic heterocycles. The fourth-order valence-electron chi connectivity index (χ4n) is 1.63. The van der Waals surface area contributed by atoms with Gasteiger partial charge >= 0.3 is 6.03 Å². The second kappa shape index (κ2) is 4.52. The van der Waals surface area contributed by atoms with E-state index in [1.807, 2.05) is 0 Å². The molecule has 2 N–H and O–H groups in total. The van der Waals surface area contributed by atoms with E-state index in [9.17, 15) is 14.7 Å². The zero-order chi connectivity index (χ0) is 12.4. The van der Waals surface area contributed by atoms with Gasteiger partial charge in [-0.2, -0.15) is 0 Å². The minimum atomic E-state index is -1.32. The molecule has 1 heterocycles. The molecule has 1 fully saturated rings. The van der Waals surface area contributed by atoms with E-state index < -0.39 is 24.4 Å². The van der Waals surface area contributed by atoms with Crippen LogP contribution in [-0.2, 0) is 4.74 Å². The van der Waals surface area contributed by atoms with Crippen LogP contribution in [0.4, 0.5) is 4.79 Å². The van der Waals surface area contributed by atoms with Gasteiger partial charge in [-0.05, 0) is 12.1 Å². The number of carbonyl (C=O) groups excluding carboxylic acids is 2. The van der Waals surface area contributed by atoms with E-state index in [0.717, 1.165) is 4.90 Å². The van der Waals surface area contributed by atoms with Crippen molar-refractivity contribution in [3.63, 3.8) is 0 Å². The zero-order valence-electron chi connectivity index (χ0n) is 9.16. The number of methoxy groups -OCH3 is 1. The van der Waals surface area contributed by atoms with Crippen molar-refractivity contribution < 1.29 is 19.4 Å². The summed E-state index contributed by atoms with van der Waals surface area (Å²) in [6, 6.07) is 7.60. The van der Waals surface area contributed by atoms with Crippen molar-refractivity contribution in [2.45, 2.75) is 12.5 Å². The summed E-state index contributed by atoms with van der Waals surface area (Å²) in [6.07, 6.45) is -2.21. The minimum Gasteiger partial charge on any atom is -0.369 e. The van der Waals surface area contributed by atoms with E-state index in [0.29, 0.717) is 5.56 Å². The van der Waals surface area contributed by atoms with Gasteiger partial charge < -0.3 is 15.2 Å². The maximum atomic E-state index is 12.0. The number of hydrogen-bond acceptors (Lipinski definition) is 4. The van der Waals surface area contributed by atoms with Crippen LogP contribution in [0.15, 0.2) is 30.3 Å². The van der Waals surface area contributed by atoms with Crippen LogP contribution in [0, 0.1) is 0 Å². The molecule has 0 bridgehead atoms. The van der Waals surface area contributed by atoms with Gasteiger partial charge in [-0.3, -0.25) is 4.79 Å². The van der Waals surface area contributed by atoms with Crippen molar-refractivity contribution in [2.75, 3.05) is 7.11 Å². The Morgan fingerprint density at radius 2 is 2.06 bits per heavy atom. The molecule has 0 radical (unpaired) electrons. The normalized spacial score (nSPS) is 23.6. The number of nitrogens with zero attached hydrogens (tertiary/aromatic N) is 1. The third kappa shape index (κ3) is 2.00. The monoisotopic (exact) mass is 236 g/mol. The SMILES string of the molecule is CO[C@@H]1NC(=O)N(C(=O)c2ccccc2)[C@H]1O. The second-order valence-electron chi connectivity index (χ2n) is 3.56. The molecule has 1 aromatic rings. The molecule has 1 saturated heterocycles. The molecule has 0 saturated carbocycles. The third-order valence-corrected chi connectivity index (χ3v) is 2.51. The second-order valence-corrected chi connectivity index (χ2v) is 3.56. The maximum absolute atomic E-state index is 12.0. The predicted molar refractivity (Wildman–Crippen MR) is 57.9 cm³/mol. The minimum absolute atomic E-state index is 0.332. The molecule has 1 aliphatic rings. The number of aliphatic hydroxyl groups is 1. The summed E-state index contributed by atoms with van der Waals surface area (Å²) >= 11 is 0. The lowest BCUT2D eigenvalue weighted by Gasteiger charge is -2.18. The van der Waals surface area contributed by atoms with E-state index in [2.05, 4.69) is 5.32 Å². The Kier molecular flexibility index (Phi) is 3.08. The number of imide groups is 1.